The van der Waals surface area contributed by atoms with E-state index in [-0.39, 0.29) is 5.91 Å². The van der Waals surface area contributed by atoms with Crippen molar-refractivity contribution >= 4 is 29.3 Å². The Hall–Kier alpha value is -3.91. The fraction of sp³-hybridized carbons (Fsp3) is 0.0833. The number of aromatic nitrogens is 2. The minimum atomic E-state index is -0.474. The Labute approximate surface area is 188 Å². The van der Waals surface area contributed by atoms with Gasteiger partial charge in [-0.05, 0) is 48.5 Å². The highest BCUT2D eigenvalue weighted by atomic mass is 32.2. The molecular formula is C24H19N3O4S. The van der Waals surface area contributed by atoms with Crippen LogP contribution in [0.5, 0.6) is 5.75 Å². The van der Waals surface area contributed by atoms with E-state index in [9.17, 15) is 9.59 Å². The van der Waals surface area contributed by atoms with E-state index in [2.05, 4.69) is 15.5 Å². The van der Waals surface area contributed by atoms with E-state index in [1.54, 1.807) is 67.6 Å². The van der Waals surface area contributed by atoms with Gasteiger partial charge < -0.3 is 14.6 Å². The molecule has 1 N–H and O–H groups in total. The number of ether oxygens (including phenoxy) is 1. The summed E-state index contributed by atoms with van der Waals surface area (Å²) in [6, 6.07) is 22.7. The van der Waals surface area contributed by atoms with Crippen LogP contribution in [0.1, 0.15) is 32.4 Å². The number of hydrogen-bond donors (Lipinski definition) is 1. The fourth-order valence-corrected chi connectivity index (χ4v) is 3.75. The molecule has 8 heteroatoms. The highest BCUT2D eigenvalue weighted by Crippen LogP contribution is 2.27. The fourth-order valence-electron chi connectivity index (χ4n) is 2.86. The number of carbonyl (C=O) groups excluding carboxylic acids is 2. The van der Waals surface area contributed by atoms with Crippen LogP contribution >= 0.6 is 11.8 Å². The highest BCUT2D eigenvalue weighted by molar-refractivity contribution is 7.98. The van der Waals surface area contributed by atoms with Gasteiger partial charge >= 0.3 is 5.97 Å². The third kappa shape index (κ3) is 5.41. The van der Waals surface area contributed by atoms with E-state index < -0.39 is 5.97 Å². The van der Waals surface area contributed by atoms with Crippen molar-refractivity contribution in [3.05, 3.63) is 102 Å². The van der Waals surface area contributed by atoms with Gasteiger partial charge in [0, 0.05) is 23.1 Å². The normalized spacial score (nSPS) is 10.5. The number of carbonyl (C=O) groups is 2. The van der Waals surface area contributed by atoms with Crippen LogP contribution in [0, 0.1) is 6.92 Å². The first-order chi connectivity index (χ1) is 15.6. The van der Waals surface area contributed by atoms with Gasteiger partial charge in [0.1, 0.15) is 5.75 Å². The van der Waals surface area contributed by atoms with Crippen LogP contribution in [0.3, 0.4) is 0 Å². The molecule has 4 rings (SSSR count). The second kappa shape index (κ2) is 9.93. The number of aryl methyl sites for hydroxylation is 1. The van der Waals surface area contributed by atoms with E-state index in [1.807, 2.05) is 18.2 Å². The number of nitrogens with zero attached hydrogens (tertiary/aromatic N) is 2. The van der Waals surface area contributed by atoms with Crippen molar-refractivity contribution in [1.29, 1.82) is 0 Å². The molecule has 32 heavy (non-hydrogen) atoms. The molecule has 0 saturated heterocycles. The standard InChI is InChI=1S/C24H19N3O4S/c1-16-25-22(27-31-16)15-32-21-10-6-5-9-20(21)24(29)30-19-13-11-18(12-14-19)26-23(28)17-7-3-2-4-8-17/h2-14H,15H2,1H3,(H,26,28). The Kier molecular flexibility index (Phi) is 6.62. The maximum atomic E-state index is 12.7. The maximum absolute atomic E-state index is 12.7. The van der Waals surface area contributed by atoms with Gasteiger partial charge in [0.25, 0.3) is 5.91 Å². The van der Waals surface area contributed by atoms with Crippen molar-refractivity contribution in [2.75, 3.05) is 5.32 Å². The molecule has 1 aromatic heterocycles. The molecule has 0 aliphatic rings. The molecule has 1 heterocycles. The number of amides is 1. The summed E-state index contributed by atoms with van der Waals surface area (Å²) in [7, 11) is 0. The molecule has 0 aliphatic heterocycles. The first kappa shape index (κ1) is 21.3. The summed E-state index contributed by atoms with van der Waals surface area (Å²) >= 11 is 1.43. The minimum Gasteiger partial charge on any atom is -0.423 e. The third-order valence-corrected chi connectivity index (χ3v) is 5.46. The molecule has 0 atom stereocenters. The summed E-state index contributed by atoms with van der Waals surface area (Å²) in [4.78, 5) is 29.9. The lowest BCUT2D eigenvalue weighted by atomic mass is 10.2. The lowest BCUT2D eigenvalue weighted by molar-refractivity contribution is 0.0731. The van der Waals surface area contributed by atoms with Crippen molar-refractivity contribution in [1.82, 2.24) is 10.1 Å². The van der Waals surface area contributed by atoms with Crippen LogP contribution in [-0.2, 0) is 5.75 Å². The molecule has 4 aromatic rings. The SMILES string of the molecule is Cc1nc(CSc2ccccc2C(=O)Oc2ccc(NC(=O)c3ccccc3)cc2)no1. The smallest absolute Gasteiger partial charge is 0.344 e. The molecule has 1 amide bonds. The zero-order chi connectivity index (χ0) is 22.3. The number of thioether (sulfide) groups is 1. The van der Waals surface area contributed by atoms with Crippen LogP contribution in [0.2, 0.25) is 0 Å². The van der Waals surface area contributed by atoms with Crippen LogP contribution in [0.4, 0.5) is 5.69 Å². The van der Waals surface area contributed by atoms with E-state index in [0.717, 1.165) is 4.90 Å². The molecular weight excluding hydrogens is 426 g/mol. The van der Waals surface area contributed by atoms with Crippen LogP contribution in [0.15, 0.2) is 88.3 Å². The first-order valence-corrected chi connectivity index (χ1v) is 10.8. The second-order valence-electron chi connectivity index (χ2n) is 6.75. The Bertz CT molecular complexity index is 1220. The van der Waals surface area contributed by atoms with Crippen molar-refractivity contribution < 1.29 is 18.8 Å². The lowest BCUT2D eigenvalue weighted by Gasteiger charge is -2.10. The van der Waals surface area contributed by atoms with Gasteiger partial charge in [-0.15, -0.1) is 11.8 Å². The quantitative estimate of drug-likeness (QED) is 0.239. The van der Waals surface area contributed by atoms with Crippen molar-refractivity contribution in [2.45, 2.75) is 17.6 Å². The summed E-state index contributed by atoms with van der Waals surface area (Å²) in [5.74, 6) is 1.22. The summed E-state index contributed by atoms with van der Waals surface area (Å²) in [6.07, 6.45) is 0. The number of esters is 1. The van der Waals surface area contributed by atoms with E-state index in [1.165, 1.54) is 11.8 Å². The monoisotopic (exact) mass is 445 g/mol. The zero-order valence-electron chi connectivity index (χ0n) is 17.1. The Morgan fingerprint density at radius 3 is 2.41 bits per heavy atom. The number of hydrogen-bond acceptors (Lipinski definition) is 7. The number of anilines is 1. The summed E-state index contributed by atoms with van der Waals surface area (Å²) in [6.45, 7) is 1.73. The summed E-state index contributed by atoms with van der Waals surface area (Å²) < 4.78 is 10.5. The lowest BCUT2D eigenvalue weighted by Crippen LogP contribution is -2.12. The zero-order valence-corrected chi connectivity index (χ0v) is 18.0. The van der Waals surface area contributed by atoms with Gasteiger partial charge in [-0.3, -0.25) is 4.79 Å². The summed E-state index contributed by atoms with van der Waals surface area (Å²) in [5.41, 5.74) is 1.61. The largest absolute Gasteiger partial charge is 0.423 e. The Balaban J connectivity index is 1.39. The molecule has 0 fully saturated rings. The van der Waals surface area contributed by atoms with Gasteiger partial charge in [-0.25, -0.2) is 4.79 Å². The van der Waals surface area contributed by atoms with Gasteiger partial charge in [0.15, 0.2) is 5.82 Å². The van der Waals surface area contributed by atoms with Crippen molar-refractivity contribution in [2.24, 2.45) is 0 Å². The average molecular weight is 446 g/mol. The topological polar surface area (TPSA) is 94.3 Å². The molecule has 3 aromatic carbocycles. The first-order valence-electron chi connectivity index (χ1n) is 9.78. The Morgan fingerprint density at radius 2 is 1.69 bits per heavy atom. The average Bonchev–Trinajstić information content (AvgIpc) is 3.24. The number of rotatable bonds is 7. The molecule has 0 unspecified atom stereocenters. The minimum absolute atomic E-state index is 0.210. The molecule has 0 aliphatic carbocycles. The van der Waals surface area contributed by atoms with Crippen LogP contribution < -0.4 is 10.1 Å². The molecule has 7 nitrogen and oxygen atoms in total. The van der Waals surface area contributed by atoms with Gasteiger partial charge in [0.2, 0.25) is 5.89 Å². The van der Waals surface area contributed by atoms with E-state index in [4.69, 9.17) is 9.26 Å². The highest BCUT2D eigenvalue weighted by Gasteiger charge is 2.15. The number of benzene rings is 3. The Morgan fingerprint density at radius 1 is 0.969 bits per heavy atom. The van der Waals surface area contributed by atoms with Gasteiger partial charge in [-0.1, -0.05) is 35.5 Å². The van der Waals surface area contributed by atoms with Gasteiger partial charge in [0.05, 0.1) is 11.3 Å². The molecule has 0 spiro atoms. The maximum Gasteiger partial charge on any atom is 0.344 e. The molecule has 0 saturated carbocycles. The van der Waals surface area contributed by atoms with Gasteiger partial charge in [-0.2, -0.15) is 4.98 Å². The predicted molar refractivity (Wildman–Crippen MR) is 121 cm³/mol. The summed E-state index contributed by atoms with van der Waals surface area (Å²) in [5, 5.41) is 6.68. The molecule has 0 radical (unpaired) electrons. The van der Waals surface area contributed by atoms with E-state index >= 15 is 0 Å². The van der Waals surface area contributed by atoms with Crippen LogP contribution in [0.25, 0.3) is 0 Å². The van der Waals surface area contributed by atoms with Crippen LogP contribution in [-0.4, -0.2) is 22.0 Å². The predicted octanol–water partition coefficient (Wildman–Crippen LogP) is 5.14. The van der Waals surface area contributed by atoms with Crippen molar-refractivity contribution in [3.63, 3.8) is 0 Å². The number of nitrogens with one attached hydrogen (secondary N) is 1. The van der Waals surface area contributed by atoms with Crippen molar-refractivity contribution in [3.8, 4) is 5.75 Å². The second-order valence-corrected chi connectivity index (χ2v) is 7.77. The molecule has 160 valence electrons. The van der Waals surface area contributed by atoms with E-state index in [0.29, 0.717) is 40.0 Å². The molecule has 0 bridgehead atoms. The third-order valence-electron chi connectivity index (χ3n) is 4.39.